The van der Waals surface area contributed by atoms with Gasteiger partial charge < -0.3 is 0 Å². The minimum absolute atomic E-state index is 0.355. The summed E-state index contributed by atoms with van der Waals surface area (Å²) in [6.07, 6.45) is 0. The normalized spacial score (nSPS) is 12.9. The molecule has 1 atom stereocenters. The van der Waals surface area contributed by atoms with Gasteiger partial charge in [-0.25, -0.2) is 0 Å². The van der Waals surface area contributed by atoms with Crippen molar-refractivity contribution in [1.82, 2.24) is 0 Å². The van der Waals surface area contributed by atoms with E-state index in [2.05, 4.69) is 20.8 Å². The Morgan fingerprint density at radius 2 is 1.79 bits per heavy atom. The van der Waals surface area contributed by atoms with Crippen molar-refractivity contribution in [3.63, 3.8) is 0 Å². The van der Waals surface area contributed by atoms with Gasteiger partial charge >= 0.3 is 0 Å². The highest BCUT2D eigenvalue weighted by atomic mass is 35.5. The zero-order valence-electron chi connectivity index (χ0n) is 8.75. The average molecular weight is 211 g/mol. The molecule has 0 aromatic heterocycles. The standard InChI is InChI=1S/C12H15ClO/c1-8(2)9(3)10-6-4-5-7-11(10)12(13)14/h4-9H,1-3H3. The van der Waals surface area contributed by atoms with Crippen LogP contribution < -0.4 is 0 Å². The second kappa shape index (κ2) is 4.61. The summed E-state index contributed by atoms with van der Waals surface area (Å²) in [6.45, 7) is 6.39. The fraction of sp³-hybridized carbons (Fsp3) is 0.417. The SMILES string of the molecule is CC(C)C(C)c1ccccc1C(=O)Cl. The zero-order valence-corrected chi connectivity index (χ0v) is 9.51. The molecule has 0 aliphatic rings. The molecular weight excluding hydrogens is 196 g/mol. The average Bonchev–Trinajstić information content (AvgIpc) is 2.16. The molecule has 0 saturated heterocycles. The summed E-state index contributed by atoms with van der Waals surface area (Å²) in [5.41, 5.74) is 1.68. The Balaban J connectivity index is 3.13. The molecule has 2 heteroatoms. The summed E-state index contributed by atoms with van der Waals surface area (Å²) in [7, 11) is 0. The van der Waals surface area contributed by atoms with E-state index in [1.807, 2.05) is 18.2 Å². The van der Waals surface area contributed by atoms with Gasteiger partial charge in [-0.2, -0.15) is 0 Å². The second-order valence-electron chi connectivity index (χ2n) is 3.89. The highest BCUT2D eigenvalue weighted by Crippen LogP contribution is 2.27. The molecule has 0 spiro atoms. The summed E-state index contributed by atoms with van der Waals surface area (Å²) < 4.78 is 0. The lowest BCUT2D eigenvalue weighted by atomic mass is 9.87. The van der Waals surface area contributed by atoms with Crippen LogP contribution in [0.5, 0.6) is 0 Å². The first-order valence-corrected chi connectivity index (χ1v) is 5.20. The van der Waals surface area contributed by atoms with Crippen molar-refractivity contribution in [3.8, 4) is 0 Å². The van der Waals surface area contributed by atoms with E-state index in [0.29, 0.717) is 17.4 Å². The van der Waals surface area contributed by atoms with Gasteiger partial charge in [-0.1, -0.05) is 39.0 Å². The molecular formula is C12H15ClO. The van der Waals surface area contributed by atoms with Gasteiger partial charge in [-0.15, -0.1) is 0 Å². The van der Waals surface area contributed by atoms with Gasteiger partial charge in [0.1, 0.15) is 0 Å². The van der Waals surface area contributed by atoms with Crippen LogP contribution in [0.2, 0.25) is 0 Å². The number of carbonyl (C=O) groups is 1. The van der Waals surface area contributed by atoms with Crippen molar-refractivity contribution in [3.05, 3.63) is 35.4 Å². The molecule has 1 nitrogen and oxygen atoms in total. The first-order chi connectivity index (χ1) is 6.54. The first-order valence-electron chi connectivity index (χ1n) is 4.82. The highest BCUT2D eigenvalue weighted by Gasteiger charge is 2.16. The molecule has 1 aromatic carbocycles. The van der Waals surface area contributed by atoms with Crippen LogP contribution in [0.15, 0.2) is 24.3 Å². The monoisotopic (exact) mass is 210 g/mol. The topological polar surface area (TPSA) is 17.1 Å². The van der Waals surface area contributed by atoms with E-state index < -0.39 is 0 Å². The van der Waals surface area contributed by atoms with E-state index in [1.54, 1.807) is 6.07 Å². The molecule has 0 saturated carbocycles. The second-order valence-corrected chi connectivity index (χ2v) is 4.24. The molecule has 1 aromatic rings. The lowest BCUT2D eigenvalue weighted by Gasteiger charge is -2.17. The number of rotatable bonds is 3. The summed E-state index contributed by atoms with van der Waals surface area (Å²) in [5.74, 6) is 0.862. The summed E-state index contributed by atoms with van der Waals surface area (Å²) in [5, 5.41) is -0.367. The van der Waals surface area contributed by atoms with E-state index in [-0.39, 0.29) is 5.24 Å². The van der Waals surface area contributed by atoms with Crippen LogP contribution in [-0.4, -0.2) is 5.24 Å². The van der Waals surface area contributed by atoms with Crippen LogP contribution in [0.3, 0.4) is 0 Å². The smallest absolute Gasteiger partial charge is 0.252 e. The maximum absolute atomic E-state index is 11.2. The summed E-state index contributed by atoms with van der Waals surface area (Å²) in [6, 6.07) is 7.54. The number of hydrogen-bond acceptors (Lipinski definition) is 1. The minimum atomic E-state index is -0.367. The third kappa shape index (κ3) is 2.36. The van der Waals surface area contributed by atoms with Gasteiger partial charge in [0.15, 0.2) is 0 Å². The Morgan fingerprint density at radius 3 is 2.29 bits per heavy atom. The molecule has 0 radical (unpaired) electrons. The number of hydrogen-bond donors (Lipinski definition) is 0. The van der Waals surface area contributed by atoms with Crippen LogP contribution in [0, 0.1) is 5.92 Å². The van der Waals surface area contributed by atoms with Crippen LogP contribution >= 0.6 is 11.6 Å². The molecule has 14 heavy (non-hydrogen) atoms. The van der Waals surface area contributed by atoms with Crippen LogP contribution in [0.1, 0.15) is 42.6 Å². The molecule has 0 aliphatic carbocycles. The van der Waals surface area contributed by atoms with Crippen LogP contribution in [0.25, 0.3) is 0 Å². The summed E-state index contributed by atoms with van der Waals surface area (Å²) >= 11 is 5.52. The van der Waals surface area contributed by atoms with Gasteiger partial charge in [0.05, 0.1) is 0 Å². The van der Waals surface area contributed by atoms with Crippen LogP contribution in [-0.2, 0) is 0 Å². The molecule has 0 N–H and O–H groups in total. The van der Waals surface area contributed by atoms with Crippen molar-refractivity contribution in [1.29, 1.82) is 0 Å². The zero-order chi connectivity index (χ0) is 10.7. The Morgan fingerprint density at radius 1 is 1.21 bits per heavy atom. The quantitative estimate of drug-likeness (QED) is 0.694. The maximum Gasteiger partial charge on any atom is 0.252 e. The van der Waals surface area contributed by atoms with Crippen molar-refractivity contribution in [2.45, 2.75) is 26.7 Å². The van der Waals surface area contributed by atoms with E-state index in [9.17, 15) is 4.79 Å². The molecule has 0 fully saturated rings. The molecule has 1 rings (SSSR count). The first kappa shape index (κ1) is 11.3. The van der Waals surface area contributed by atoms with Crippen molar-refractivity contribution in [2.24, 2.45) is 5.92 Å². The Bertz CT molecular complexity index is 331. The van der Waals surface area contributed by atoms with Crippen molar-refractivity contribution >= 4 is 16.8 Å². The van der Waals surface area contributed by atoms with Gasteiger partial charge in [0, 0.05) is 5.56 Å². The van der Waals surface area contributed by atoms with Gasteiger partial charge in [-0.05, 0) is 35.1 Å². The minimum Gasteiger partial charge on any atom is -0.276 e. The van der Waals surface area contributed by atoms with E-state index in [1.165, 1.54) is 0 Å². The third-order valence-electron chi connectivity index (χ3n) is 2.66. The van der Waals surface area contributed by atoms with E-state index in [4.69, 9.17) is 11.6 Å². The number of halogens is 1. The Kier molecular flexibility index (Phi) is 3.70. The van der Waals surface area contributed by atoms with E-state index >= 15 is 0 Å². The molecule has 0 aliphatic heterocycles. The predicted molar refractivity (Wildman–Crippen MR) is 59.9 cm³/mol. The van der Waals surface area contributed by atoms with Gasteiger partial charge in [-0.3, -0.25) is 4.79 Å². The van der Waals surface area contributed by atoms with Gasteiger partial charge in [0.2, 0.25) is 0 Å². The maximum atomic E-state index is 11.2. The summed E-state index contributed by atoms with van der Waals surface area (Å²) in [4.78, 5) is 11.2. The van der Waals surface area contributed by atoms with Crippen molar-refractivity contribution in [2.75, 3.05) is 0 Å². The number of benzene rings is 1. The molecule has 1 unspecified atom stereocenters. The van der Waals surface area contributed by atoms with Crippen molar-refractivity contribution < 1.29 is 4.79 Å². The van der Waals surface area contributed by atoms with E-state index in [0.717, 1.165) is 5.56 Å². The molecule has 0 amide bonds. The molecule has 76 valence electrons. The lowest BCUT2D eigenvalue weighted by molar-refractivity contribution is 0.108. The largest absolute Gasteiger partial charge is 0.276 e. The Labute approximate surface area is 90.1 Å². The fourth-order valence-electron chi connectivity index (χ4n) is 1.43. The van der Waals surface area contributed by atoms with Crippen LogP contribution in [0.4, 0.5) is 0 Å². The molecule has 0 heterocycles. The van der Waals surface area contributed by atoms with Gasteiger partial charge in [0.25, 0.3) is 5.24 Å². The fourth-order valence-corrected chi connectivity index (χ4v) is 1.60. The Hall–Kier alpha value is -0.820. The highest BCUT2D eigenvalue weighted by molar-refractivity contribution is 6.67. The third-order valence-corrected chi connectivity index (χ3v) is 2.87. The lowest BCUT2D eigenvalue weighted by Crippen LogP contribution is -2.07. The predicted octanol–water partition coefficient (Wildman–Crippen LogP) is 3.83. The molecule has 0 bridgehead atoms. The number of carbonyl (C=O) groups excluding carboxylic acids is 1.